The molecule has 0 radical (unpaired) electrons. The number of benzene rings is 1. The topological polar surface area (TPSA) is 125 Å². The number of aliphatic carboxylic acids is 1. The van der Waals surface area contributed by atoms with Crippen molar-refractivity contribution in [2.45, 2.75) is 30.6 Å². The fourth-order valence-electron chi connectivity index (χ4n) is 2.84. The van der Waals surface area contributed by atoms with E-state index in [2.05, 4.69) is 15.4 Å². The Morgan fingerprint density at radius 2 is 1.92 bits per heavy atom. The smallest absolute Gasteiger partial charge is 0.305 e. The van der Waals surface area contributed by atoms with Crippen molar-refractivity contribution in [3.63, 3.8) is 0 Å². The van der Waals surface area contributed by atoms with Crippen LogP contribution in [0.1, 0.15) is 36.0 Å². The minimum atomic E-state index is -3.69. The second kappa shape index (κ2) is 9.65. The van der Waals surface area contributed by atoms with Gasteiger partial charge in [0.2, 0.25) is 10.0 Å². The number of hydrogen-bond acceptors (Lipinski definition) is 5. The Kier molecular flexibility index (Phi) is 7.55. The van der Waals surface area contributed by atoms with E-state index >= 15 is 0 Å². The molecule has 9 heteroatoms. The van der Waals surface area contributed by atoms with Gasteiger partial charge in [-0.1, -0.05) is 6.07 Å². The van der Waals surface area contributed by atoms with E-state index in [1.807, 2.05) is 0 Å². The fraction of sp³-hybridized carbons (Fsp3) is 0.529. The van der Waals surface area contributed by atoms with Crippen LogP contribution < -0.4 is 15.4 Å². The number of piperidine rings is 1. The molecule has 1 fully saturated rings. The van der Waals surface area contributed by atoms with E-state index < -0.39 is 21.9 Å². The molecule has 4 N–H and O–H groups in total. The van der Waals surface area contributed by atoms with Gasteiger partial charge < -0.3 is 15.7 Å². The van der Waals surface area contributed by atoms with Gasteiger partial charge in [0.1, 0.15) is 0 Å². The van der Waals surface area contributed by atoms with Gasteiger partial charge in [0, 0.05) is 18.7 Å². The van der Waals surface area contributed by atoms with Crippen LogP contribution >= 0.6 is 0 Å². The van der Waals surface area contributed by atoms with Crippen LogP contribution in [0.15, 0.2) is 29.2 Å². The number of carbonyl (C=O) groups is 2. The van der Waals surface area contributed by atoms with Gasteiger partial charge >= 0.3 is 5.97 Å². The van der Waals surface area contributed by atoms with Crippen LogP contribution in [0.2, 0.25) is 0 Å². The molecule has 1 aromatic carbocycles. The molecule has 0 bridgehead atoms. The van der Waals surface area contributed by atoms with Gasteiger partial charge in [0.05, 0.1) is 11.3 Å². The third kappa shape index (κ3) is 6.40. The Morgan fingerprint density at radius 3 is 2.62 bits per heavy atom. The molecule has 0 aromatic heterocycles. The maximum absolute atomic E-state index is 12.4. The van der Waals surface area contributed by atoms with Crippen molar-refractivity contribution in [2.24, 2.45) is 5.92 Å². The first-order valence-electron chi connectivity index (χ1n) is 8.69. The number of sulfonamides is 1. The molecule has 1 aromatic rings. The van der Waals surface area contributed by atoms with Gasteiger partial charge in [-0.3, -0.25) is 9.59 Å². The van der Waals surface area contributed by atoms with Crippen LogP contribution in [0.4, 0.5) is 0 Å². The number of carboxylic acid groups (broad SMARTS) is 1. The zero-order valence-corrected chi connectivity index (χ0v) is 15.3. The summed E-state index contributed by atoms with van der Waals surface area (Å²) in [6.07, 6.45) is 2.69. The quantitative estimate of drug-likeness (QED) is 0.494. The van der Waals surface area contributed by atoms with E-state index in [9.17, 15) is 18.0 Å². The number of amides is 1. The van der Waals surface area contributed by atoms with E-state index in [1.54, 1.807) is 0 Å². The predicted octanol–water partition coefficient (Wildman–Crippen LogP) is 0.559. The van der Waals surface area contributed by atoms with Crippen LogP contribution in [0, 0.1) is 5.92 Å². The molecule has 1 amide bonds. The molecule has 1 aliphatic heterocycles. The van der Waals surface area contributed by atoms with Crippen LogP contribution in [0.3, 0.4) is 0 Å². The maximum atomic E-state index is 12.4. The second-order valence-electron chi connectivity index (χ2n) is 6.31. The predicted molar refractivity (Wildman–Crippen MR) is 96.4 cm³/mol. The SMILES string of the molecule is O=C(O)CCNC(=O)c1cccc(S(=O)(=O)NCCC2CCNCC2)c1. The summed E-state index contributed by atoms with van der Waals surface area (Å²) < 4.78 is 27.4. The van der Waals surface area contributed by atoms with E-state index in [4.69, 9.17) is 5.11 Å². The van der Waals surface area contributed by atoms with Crippen molar-refractivity contribution in [1.82, 2.24) is 15.4 Å². The Bertz CT molecular complexity index is 730. The minimum Gasteiger partial charge on any atom is -0.481 e. The maximum Gasteiger partial charge on any atom is 0.305 e. The summed E-state index contributed by atoms with van der Waals surface area (Å²) in [4.78, 5) is 22.5. The van der Waals surface area contributed by atoms with Gasteiger partial charge in [-0.2, -0.15) is 0 Å². The highest BCUT2D eigenvalue weighted by Gasteiger charge is 2.18. The number of hydrogen-bond donors (Lipinski definition) is 4. The number of carbonyl (C=O) groups excluding carboxylic acids is 1. The zero-order chi connectivity index (χ0) is 19.0. The summed E-state index contributed by atoms with van der Waals surface area (Å²) in [5, 5.41) is 14.3. The molecule has 8 nitrogen and oxygen atoms in total. The van der Waals surface area contributed by atoms with Crippen molar-refractivity contribution in [3.8, 4) is 0 Å². The lowest BCUT2D eigenvalue weighted by atomic mass is 9.95. The van der Waals surface area contributed by atoms with Crippen molar-refractivity contribution in [1.29, 1.82) is 0 Å². The van der Waals surface area contributed by atoms with Crippen LogP contribution in [0.25, 0.3) is 0 Å². The highest BCUT2D eigenvalue weighted by atomic mass is 32.2. The largest absolute Gasteiger partial charge is 0.481 e. The van der Waals surface area contributed by atoms with Crippen molar-refractivity contribution >= 4 is 21.9 Å². The normalized spacial score (nSPS) is 15.5. The molecular weight excluding hydrogens is 358 g/mol. The lowest BCUT2D eigenvalue weighted by Gasteiger charge is -2.22. The molecule has 1 heterocycles. The fourth-order valence-corrected chi connectivity index (χ4v) is 3.93. The third-order valence-corrected chi connectivity index (χ3v) is 5.79. The number of nitrogens with one attached hydrogen (secondary N) is 3. The Morgan fingerprint density at radius 1 is 1.19 bits per heavy atom. The Labute approximate surface area is 153 Å². The highest BCUT2D eigenvalue weighted by Crippen LogP contribution is 2.16. The van der Waals surface area contributed by atoms with Gasteiger partial charge in [-0.15, -0.1) is 0 Å². The molecule has 0 saturated carbocycles. The zero-order valence-electron chi connectivity index (χ0n) is 14.5. The average molecular weight is 383 g/mol. The summed E-state index contributed by atoms with van der Waals surface area (Å²) in [7, 11) is -3.69. The molecule has 26 heavy (non-hydrogen) atoms. The highest BCUT2D eigenvalue weighted by molar-refractivity contribution is 7.89. The molecule has 0 atom stereocenters. The first kappa shape index (κ1) is 20.3. The van der Waals surface area contributed by atoms with Crippen LogP contribution in [-0.4, -0.2) is 51.6 Å². The van der Waals surface area contributed by atoms with E-state index in [0.717, 1.165) is 32.4 Å². The van der Waals surface area contributed by atoms with Crippen molar-refractivity contribution in [3.05, 3.63) is 29.8 Å². The molecule has 0 spiro atoms. The number of carboxylic acids is 1. The Balaban J connectivity index is 1.91. The van der Waals surface area contributed by atoms with E-state index in [-0.39, 0.29) is 23.4 Å². The van der Waals surface area contributed by atoms with Gasteiger partial charge in [0.25, 0.3) is 5.91 Å². The molecule has 2 rings (SSSR count). The minimum absolute atomic E-state index is 0.0142. The lowest BCUT2D eigenvalue weighted by Crippen LogP contribution is -2.31. The molecule has 1 aliphatic rings. The van der Waals surface area contributed by atoms with Crippen LogP contribution in [0.5, 0.6) is 0 Å². The number of rotatable bonds is 9. The second-order valence-corrected chi connectivity index (χ2v) is 8.07. The average Bonchev–Trinajstić information content (AvgIpc) is 2.62. The lowest BCUT2D eigenvalue weighted by molar-refractivity contribution is -0.136. The molecule has 0 aliphatic carbocycles. The Hall–Kier alpha value is -1.97. The molecule has 144 valence electrons. The first-order valence-corrected chi connectivity index (χ1v) is 10.2. The first-order chi connectivity index (χ1) is 12.4. The standard InChI is InChI=1S/C17H25N3O5S/c21-16(22)7-10-19-17(23)14-2-1-3-15(12-14)26(24,25)20-11-6-13-4-8-18-9-5-13/h1-3,12-13,18,20H,4-11H2,(H,19,23)(H,21,22). The monoisotopic (exact) mass is 383 g/mol. The molecular formula is C17H25N3O5S. The summed E-state index contributed by atoms with van der Waals surface area (Å²) in [6, 6.07) is 5.71. The van der Waals surface area contributed by atoms with Crippen LogP contribution in [-0.2, 0) is 14.8 Å². The summed E-state index contributed by atoms with van der Waals surface area (Å²) in [5.41, 5.74) is 0.177. The van der Waals surface area contributed by atoms with E-state index in [1.165, 1.54) is 24.3 Å². The van der Waals surface area contributed by atoms with Crippen molar-refractivity contribution in [2.75, 3.05) is 26.2 Å². The van der Waals surface area contributed by atoms with Crippen molar-refractivity contribution < 1.29 is 23.1 Å². The van der Waals surface area contributed by atoms with Gasteiger partial charge in [-0.25, -0.2) is 13.1 Å². The molecule has 0 unspecified atom stereocenters. The molecule has 1 saturated heterocycles. The summed E-state index contributed by atoms with van der Waals surface area (Å²) in [5.74, 6) is -0.997. The summed E-state index contributed by atoms with van der Waals surface area (Å²) in [6.45, 7) is 2.29. The third-order valence-electron chi connectivity index (χ3n) is 4.33. The van der Waals surface area contributed by atoms with Gasteiger partial charge in [0.15, 0.2) is 0 Å². The van der Waals surface area contributed by atoms with E-state index in [0.29, 0.717) is 12.5 Å². The summed E-state index contributed by atoms with van der Waals surface area (Å²) >= 11 is 0. The van der Waals surface area contributed by atoms with Gasteiger partial charge in [-0.05, 0) is 56.5 Å².